The van der Waals surface area contributed by atoms with Crippen LogP contribution in [0.1, 0.15) is 41.6 Å². The Kier molecular flexibility index (Phi) is 7.63. The number of fused-ring (bicyclic) bond motifs is 1. The number of methoxy groups -OCH3 is 2. The van der Waals surface area contributed by atoms with Crippen LogP contribution in [0.25, 0.3) is 20.5 Å². The van der Waals surface area contributed by atoms with Crippen LogP contribution in [-0.2, 0) is 9.47 Å². The normalized spacial score (nSPS) is 11.2. The van der Waals surface area contributed by atoms with E-state index in [1.807, 2.05) is 80.6 Å². The molecule has 0 aliphatic carbocycles. The first-order valence-corrected chi connectivity index (χ1v) is 12.0. The molecule has 1 heterocycles. The fourth-order valence-electron chi connectivity index (χ4n) is 3.85. The summed E-state index contributed by atoms with van der Waals surface area (Å²) in [4.78, 5) is 14.7. The number of benzene rings is 3. The molecule has 0 bridgehead atoms. The molecular weight excluding hydrogens is 448 g/mol. The van der Waals surface area contributed by atoms with Crippen LogP contribution in [0.3, 0.4) is 0 Å². The Bertz CT molecular complexity index is 1250. The molecule has 3 aromatic carbocycles. The van der Waals surface area contributed by atoms with Crippen LogP contribution in [0.4, 0.5) is 0 Å². The molecule has 0 aliphatic heterocycles. The summed E-state index contributed by atoms with van der Waals surface area (Å²) in [5.41, 5.74) is 3.15. The minimum atomic E-state index is -0.441. The summed E-state index contributed by atoms with van der Waals surface area (Å²) in [6.07, 6.45) is -0.441. The molecular formula is C28H28O5S. The van der Waals surface area contributed by atoms with Crippen molar-refractivity contribution in [2.24, 2.45) is 0 Å². The van der Waals surface area contributed by atoms with E-state index in [9.17, 15) is 4.79 Å². The van der Waals surface area contributed by atoms with E-state index in [-0.39, 0.29) is 5.78 Å². The van der Waals surface area contributed by atoms with E-state index in [4.69, 9.17) is 18.9 Å². The molecule has 4 rings (SSSR count). The Morgan fingerprint density at radius 2 is 1.44 bits per heavy atom. The van der Waals surface area contributed by atoms with Gasteiger partial charge in [-0.05, 0) is 61.9 Å². The molecule has 0 spiro atoms. The lowest BCUT2D eigenvalue weighted by molar-refractivity contribution is -0.140. The SMILES string of the molecule is CCOC(OCC)c1ccc(C(=O)c2c(-c3ccc(OC)cc3)sc3cc(OC)ccc23)cc1. The van der Waals surface area contributed by atoms with Gasteiger partial charge in [0.15, 0.2) is 12.1 Å². The second-order valence-corrected chi connectivity index (χ2v) is 8.64. The molecule has 176 valence electrons. The monoisotopic (exact) mass is 476 g/mol. The van der Waals surface area contributed by atoms with E-state index in [0.717, 1.165) is 37.6 Å². The molecule has 0 fully saturated rings. The maximum atomic E-state index is 13.8. The van der Waals surface area contributed by atoms with Gasteiger partial charge in [-0.1, -0.05) is 24.3 Å². The third kappa shape index (κ3) is 4.85. The number of rotatable bonds is 10. The van der Waals surface area contributed by atoms with Crippen LogP contribution in [0, 0.1) is 0 Å². The summed E-state index contributed by atoms with van der Waals surface area (Å²) >= 11 is 1.58. The van der Waals surface area contributed by atoms with Crippen molar-refractivity contribution in [3.63, 3.8) is 0 Å². The maximum Gasteiger partial charge on any atom is 0.195 e. The number of hydrogen-bond donors (Lipinski definition) is 0. The molecule has 5 nitrogen and oxygen atoms in total. The second kappa shape index (κ2) is 10.8. The zero-order valence-electron chi connectivity index (χ0n) is 19.8. The van der Waals surface area contributed by atoms with Crippen LogP contribution in [0.15, 0.2) is 66.7 Å². The molecule has 0 radical (unpaired) electrons. The predicted molar refractivity (Wildman–Crippen MR) is 136 cm³/mol. The topological polar surface area (TPSA) is 54.0 Å². The van der Waals surface area contributed by atoms with Crippen LogP contribution < -0.4 is 9.47 Å². The first-order valence-electron chi connectivity index (χ1n) is 11.2. The van der Waals surface area contributed by atoms with Gasteiger partial charge in [0.25, 0.3) is 0 Å². The largest absolute Gasteiger partial charge is 0.497 e. The number of ketones is 1. The Balaban J connectivity index is 1.78. The molecule has 0 N–H and O–H groups in total. The number of carbonyl (C=O) groups is 1. The molecule has 1 aromatic heterocycles. The van der Waals surface area contributed by atoms with Gasteiger partial charge in [0.2, 0.25) is 0 Å². The predicted octanol–water partition coefficient (Wildman–Crippen LogP) is 6.89. The van der Waals surface area contributed by atoms with Crippen molar-refractivity contribution in [2.45, 2.75) is 20.1 Å². The molecule has 0 amide bonds. The number of carbonyl (C=O) groups excluding carboxylic acids is 1. The first kappa shape index (κ1) is 24.0. The zero-order chi connectivity index (χ0) is 24.1. The number of hydrogen-bond acceptors (Lipinski definition) is 6. The van der Waals surface area contributed by atoms with Crippen molar-refractivity contribution in [1.82, 2.24) is 0 Å². The third-order valence-electron chi connectivity index (χ3n) is 5.56. The number of ether oxygens (including phenoxy) is 4. The Morgan fingerprint density at radius 3 is 2.03 bits per heavy atom. The van der Waals surface area contributed by atoms with Crippen molar-refractivity contribution in [2.75, 3.05) is 27.4 Å². The van der Waals surface area contributed by atoms with Gasteiger partial charge >= 0.3 is 0 Å². The summed E-state index contributed by atoms with van der Waals surface area (Å²) in [5.74, 6) is 1.50. The van der Waals surface area contributed by atoms with E-state index in [1.54, 1.807) is 25.6 Å². The molecule has 0 saturated heterocycles. The summed E-state index contributed by atoms with van der Waals surface area (Å²) in [5, 5.41) is 0.909. The van der Waals surface area contributed by atoms with Gasteiger partial charge in [-0.25, -0.2) is 0 Å². The van der Waals surface area contributed by atoms with E-state index in [0.29, 0.717) is 24.3 Å². The van der Waals surface area contributed by atoms with E-state index < -0.39 is 6.29 Å². The zero-order valence-corrected chi connectivity index (χ0v) is 20.6. The van der Waals surface area contributed by atoms with Gasteiger partial charge in [0, 0.05) is 44.9 Å². The minimum absolute atomic E-state index is 0.0295. The lowest BCUT2D eigenvalue weighted by Gasteiger charge is -2.17. The van der Waals surface area contributed by atoms with E-state index >= 15 is 0 Å². The Labute approximate surface area is 203 Å². The Hall–Kier alpha value is -3.19. The molecule has 6 heteroatoms. The second-order valence-electron chi connectivity index (χ2n) is 7.59. The van der Waals surface area contributed by atoms with Gasteiger partial charge < -0.3 is 18.9 Å². The van der Waals surface area contributed by atoms with Crippen molar-refractivity contribution < 1.29 is 23.7 Å². The van der Waals surface area contributed by atoms with E-state index in [1.165, 1.54) is 0 Å². The van der Waals surface area contributed by atoms with Gasteiger partial charge in [-0.3, -0.25) is 4.79 Å². The Morgan fingerprint density at radius 1 is 0.824 bits per heavy atom. The fourth-order valence-corrected chi connectivity index (χ4v) is 5.09. The molecule has 34 heavy (non-hydrogen) atoms. The standard InChI is InChI=1S/C28H28O5S/c1-5-32-28(33-6-2)20-9-7-18(8-10-20)26(29)25-23-16-15-22(31-4)17-24(23)34-27(25)19-11-13-21(30-3)14-12-19/h7-17,28H,5-6H2,1-4H3. The fraction of sp³-hybridized carbons (Fsp3) is 0.250. The molecule has 4 aromatic rings. The van der Waals surface area contributed by atoms with Gasteiger partial charge in [0.05, 0.1) is 14.2 Å². The molecule has 0 saturated carbocycles. The quantitative estimate of drug-likeness (QED) is 0.184. The lowest BCUT2D eigenvalue weighted by Crippen LogP contribution is -2.09. The third-order valence-corrected chi connectivity index (χ3v) is 6.76. The van der Waals surface area contributed by atoms with Gasteiger partial charge in [0.1, 0.15) is 11.5 Å². The minimum Gasteiger partial charge on any atom is -0.497 e. The highest BCUT2D eigenvalue weighted by Gasteiger charge is 2.22. The van der Waals surface area contributed by atoms with Crippen molar-refractivity contribution in [1.29, 1.82) is 0 Å². The highest BCUT2D eigenvalue weighted by molar-refractivity contribution is 7.22. The van der Waals surface area contributed by atoms with Crippen LogP contribution in [0.2, 0.25) is 0 Å². The highest BCUT2D eigenvalue weighted by atomic mass is 32.1. The van der Waals surface area contributed by atoms with Crippen LogP contribution in [0.5, 0.6) is 11.5 Å². The van der Waals surface area contributed by atoms with Gasteiger partial charge in [-0.2, -0.15) is 0 Å². The van der Waals surface area contributed by atoms with Crippen molar-refractivity contribution in [3.8, 4) is 21.9 Å². The summed E-state index contributed by atoms with van der Waals surface area (Å²) in [6, 6.07) is 21.1. The summed E-state index contributed by atoms with van der Waals surface area (Å²) in [7, 11) is 3.28. The molecule has 0 unspecified atom stereocenters. The number of thiophene rings is 1. The van der Waals surface area contributed by atoms with Crippen LogP contribution >= 0.6 is 11.3 Å². The average Bonchev–Trinajstić information content (AvgIpc) is 3.27. The first-order chi connectivity index (χ1) is 16.6. The van der Waals surface area contributed by atoms with Crippen LogP contribution in [-0.4, -0.2) is 33.2 Å². The van der Waals surface area contributed by atoms with E-state index in [2.05, 4.69) is 0 Å². The summed E-state index contributed by atoms with van der Waals surface area (Å²) in [6.45, 7) is 4.95. The van der Waals surface area contributed by atoms with Crippen molar-refractivity contribution in [3.05, 3.63) is 83.4 Å². The lowest BCUT2D eigenvalue weighted by atomic mass is 9.97. The maximum absolute atomic E-state index is 13.8. The average molecular weight is 477 g/mol. The smallest absolute Gasteiger partial charge is 0.195 e. The summed E-state index contributed by atoms with van der Waals surface area (Å²) < 4.78 is 23.1. The van der Waals surface area contributed by atoms with Gasteiger partial charge in [-0.15, -0.1) is 11.3 Å². The highest BCUT2D eigenvalue weighted by Crippen LogP contribution is 2.41. The van der Waals surface area contributed by atoms with Crippen molar-refractivity contribution >= 4 is 27.2 Å². The molecule has 0 aliphatic rings. The molecule has 0 atom stereocenters.